The predicted octanol–water partition coefficient (Wildman–Crippen LogP) is 1.83. The van der Waals surface area contributed by atoms with Crippen molar-refractivity contribution in [2.75, 3.05) is 26.9 Å². The summed E-state index contributed by atoms with van der Waals surface area (Å²) in [4.78, 5) is 0. The molecule has 0 fully saturated rings. The van der Waals surface area contributed by atoms with Crippen molar-refractivity contribution in [3.63, 3.8) is 0 Å². The molecule has 0 aliphatic heterocycles. The summed E-state index contributed by atoms with van der Waals surface area (Å²) in [5.74, 6) is -0.312. The lowest BCUT2D eigenvalue weighted by Gasteiger charge is -2.12. The highest BCUT2D eigenvalue weighted by Gasteiger charge is 2.09. The number of benzene rings is 1. The van der Waals surface area contributed by atoms with Gasteiger partial charge in [-0.15, -0.1) is 0 Å². The average Bonchev–Trinajstić information content (AvgIpc) is 2.28. The standard InChI is InChI=1S/C12H17FO3/c1-9-3-4-10(7-11(9)13)12(14)8-16-6-5-15-2/h3-4,7,12,14H,5-6,8H2,1-2H3. The van der Waals surface area contributed by atoms with Crippen LogP contribution in [0.25, 0.3) is 0 Å². The second kappa shape index (κ2) is 6.58. The molecule has 0 aromatic heterocycles. The van der Waals surface area contributed by atoms with E-state index in [1.54, 1.807) is 26.2 Å². The van der Waals surface area contributed by atoms with E-state index in [0.717, 1.165) is 0 Å². The molecule has 16 heavy (non-hydrogen) atoms. The molecule has 0 heterocycles. The highest BCUT2D eigenvalue weighted by Crippen LogP contribution is 2.16. The van der Waals surface area contributed by atoms with E-state index in [2.05, 4.69) is 0 Å². The highest BCUT2D eigenvalue weighted by atomic mass is 19.1. The van der Waals surface area contributed by atoms with Crippen LogP contribution in [-0.4, -0.2) is 32.0 Å². The predicted molar refractivity (Wildman–Crippen MR) is 58.8 cm³/mol. The minimum Gasteiger partial charge on any atom is -0.386 e. The summed E-state index contributed by atoms with van der Waals surface area (Å²) in [6.07, 6.45) is -0.799. The number of aliphatic hydroxyl groups is 1. The second-order valence-corrected chi connectivity index (χ2v) is 3.59. The maximum absolute atomic E-state index is 13.2. The lowest BCUT2D eigenvalue weighted by atomic mass is 10.1. The van der Waals surface area contributed by atoms with Gasteiger partial charge in [0.05, 0.1) is 19.8 Å². The van der Waals surface area contributed by atoms with Crippen LogP contribution in [-0.2, 0) is 9.47 Å². The van der Waals surface area contributed by atoms with Gasteiger partial charge in [0.2, 0.25) is 0 Å². The minimum atomic E-state index is -0.799. The van der Waals surface area contributed by atoms with Crippen LogP contribution in [0.4, 0.5) is 4.39 Å². The van der Waals surface area contributed by atoms with Crippen LogP contribution in [0.15, 0.2) is 18.2 Å². The summed E-state index contributed by atoms with van der Waals surface area (Å²) in [5.41, 5.74) is 1.09. The number of halogens is 1. The van der Waals surface area contributed by atoms with E-state index >= 15 is 0 Å². The third kappa shape index (κ3) is 3.89. The monoisotopic (exact) mass is 228 g/mol. The molecule has 3 nitrogen and oxygen atoms in total. The topological polar surface area (TPSA) is 38.7 Å². The van der Waals surface area contributed by atoms with Crippen molar-refractivity contribution in [3.8, 4) is 0 Å². The first-order valence-corrected chi connectivity index (χ1v) is 5.16. The molecule has 1 aromatic carbocycles. The van der Waals surface area contributed by atoms with Gasteiger partial charge in [0.15, 0.2) is 0 Å². The second-order valence-electron chi connectivity index (χ2n) is 3.59. The summed E-state index contributed by atoms with van der Waals surface area (Å²) in [7, 11) is 1.58. The molecule has 0 amide bonds. The third-order valence-electron chi connectivity index (χ3n) is 2.29. The van der Waals surface area contributed by atoms with Crippen LogP contribution in [0.3, 0.4) is 0 Å². The third-order valence-corrected chi connectivity index (χ3v) is 2.29. The summed E-state index contributed by atoms with van der Waals surface area (Å²) in [6.45, 7) is 2.73. The zero-order chi connectivity index (χ0) is 12.0. The molecule has 1 rings (SSSR count). The van der Waals surface area contributed by atoms with E-state index in [1.807, 2.05) is 0 Å². The van der Waals surface area contributed by atoms with Crippen molar-refractivity contribution in [3.05, 3.63) is 35.1 Å². The van der Waals surface area contributed by atoms with Gasteiger partial charge < -0.3 is 14.6 Å². The zero-order valence-corrected chi connectivity index (χ0v) is 9.57. The molecule has 0 aliphatic carbocycles. The molecule has 0 saturated heterocycles. The van der Waals surface area contributed by atoms with E-state index in [9.17, 15) is 9.50 Å². The maximum atomic E-state index is 13.2. The SMILES string of the molecule is COCCOCC(O)c1ccc(C)c(F)c1. The Labute approximate surface area is 94.8 Å². The number of aryl methyl sites for hydroxylation is 1. The Hall–Kier alpha value is -0.970. The Morgan fingerprint density at radius 1 is 1.38 bits per heavy atom. The molecule has 0 aliphatic rings. The van der Waals surface area contributed by atoms with Gasteiger partial charge in [-0.25, -0.2) is 4.39 Å². The lowest BCUT2D eigenvalue weighted by Crippen LogP contribution is -2.10. The van der Waals surface area contributed by atoms with E-state index in [0.29, 0.717) is 24.3 Å². The first-order chi connectivity index (χ1) is 7.65. The van der Waals surface area contributed by atoms with Crippen molar-refractivity contribution in [1.29, 1.82) is 0 Å². The summed E-state index contributed by atoms with van der Waals surface area (Å²) in [6, 6.07) is 4.67. The number of rotatable bonds is 6. The quantitative estimate of drug-likeness (QED) is 0.755. The fourth-order valence-corrected chi connectivity index (χ4v) is 1.25. The van der Waals surface area contributed by atoms with Gasteiger partial charge in [0.25, 0.3) is 0 Å². The first-order valence-electron chi connectivity index (χ1n) is 5.16. The normalized spacial score (nSPS) is 12.8. The van der Waals surface area contributed by atoms with Crippen molar-refractivity contribution < 1.29 is 19.0 Å². The Bertz CT molecular complexity index is 328. The minimum absolute atomic E-state index is 0.145. The summed E-state index contributed by atoms with van der Waals surface area (Å²) >= 11 is 0. The van der Waals surface area contributed by atoms with Gasteiger partial charge in [0.1, 0.15) is 11.9 Å². The van der Waals surface area contributed by atoms with Crippen molar-refractivity contribution in [2.45, 2.75) is 13.0 Å². The van der Waals surface area contributed by atoms with Gasteiger partial charge in [0, 0.05) is 7.11 Å². The van der Waals surface area contributed by atoms with Crippen LogP contribution in [0.1, 0.15) is 17.2 Å². The average molecular weight is 228 g/mol. The number of aliphatic hydroxyl groups excluding tert-OH is 1. The smallest absolute Gasteiger partial charge is 0.126 e. The lowest BCUT2D eigenvalue weighted by molar-refractivity contribution is 0.0125. The molecule has 1 N–H and O–H groups in total. The number of methoxy groups -OCH3 is 1. The molecule has 0 spiro atoms. The molecule has 0 radical (unpaired) electrons. The number of ether oxygens (including phenoxy) is 2. The first kappa shape index (κ1) is 13.1. The van der Waals surface area contributed by atoms with Gasteiger partial charge in [-0.1, -0.05) is 12.1 Å². The molecule has 90 valence electrons. The molecule has 1 aromatic rings. The van der Waals surface area contributed by atoms with Gasteiger partial charge in [-0.05, 0) is 24.1 Å². The van der Waals surface area contributed by atoms with E-state index in [1.165, 1.54) is 6.07 Å². The highest BCUT2D eigenvalue weighted by molar-refractivity contribution is 5.24. The van der Waals surface area contributed by atoms with E-state index < -0.39 is 6.10 Å². The molecule has 0 saturated carbocycles. The van der Waals surface area contributed by atoms with Crippen molar-refractivity contribution in [1.82, 2.24) is 0 Å². The van der Waals surface area contributed by atoms with Crippen LogP contribution >= 0.6 is 0 Å². The molecular formula is C12H17FO3. The molecule has 0 bridgehead atoms. The fourth-order valence-electron chi connectivity index (χ4n) is 1.25. The largest absolute Gasteiger partial charge is 0.386 e. The molecule has 4 heteroatoms. The van der Waals surface area contributed by atoms with E-state index in [-0.39, 0.29) is 12.4 Å². The van der Waals surface area contributed by atoms with Gasteiger partial charge in [-0.3, -0.25) is 0 Å². The summed E-state index contributed by atoms with van der Waals surface area (Å²) in [5, 5.41) is 9.70. The molecular weight excluding hydrogens is 211 g/mol. The Morgan fingerprint density at radius 3 is 2.75 bits per heavy atom. The Balaban J connectivity index is 2.46. The fraction of sp³-hybridized carbons (Fsp3) is 0.500. The van der Waals surface area contributed by atoms with Crippen LogP contribution in [0.5, 0.6) is 0 Å². The number of hydrogen-bond donors (Lipinski definition) is 1. The van der Waals surface area contributed by atoms with Crippen LogP contribution in [0, 0.1) is 12.7 Å². The number of hydrogen-bond acceptors (Lipinski definition) is 3. The Kier molecular flexibility index (Phi) is 5.38. The van der Waals surface area contributed by atoms with Gasteiger partial charge >= 0.3 is 0 Å². The Morgan fingerprint density at radius 2 is 2.12 bits per heavy atom. The molecule has 1 atom stereocenters. The zero-order valence-electron chi connectivity index (χ0n) is 9.57. The van der Waals surface area contributed by atoms with Crippen LogP contribution in [0.2, 0.25) is 0 Å². The maximum Gasteiger partial charge on any atom is 0.126 e. The van der Waals surface area contributed by atoms with Crippen molar-refractivity contribution >= 4 is 0 Å². The van der Waals surface area contributed by atoms with Crippen molar-refractivity contribution in [2.24, 2.45) is 0 Å². The summed E-state index contributed by atoms with van der Waals surface area (Å²) < 4.78 is 23.2. The van der Waals surface area contributed by atoms with E-state index in [4.69, 9.17) is 9.47 Å². The van der Waals surface area contributed by atoms with Crippen LogP contribution < -0.4 is 0 Å². The van der Waals surface area contributed by atoms with Gasteiger partial charge in [-0.2, -0.15) is 0 Å². The molecule has 1 unspecified atom stereocenters.